The lowest BCUT2D eigenvalue weighted by Crippen LogP contribution is -2.45. The van der Waals surface area contributed by atoms with Crippen molar-refractivity contribution < 1.29 is 13.2 Å². The van der Waals surface area contributed by atoms with Crippen molar-refractivity contribution in [1.82, 2.24) is 9.62 Å². The fourth-order valence-corrected chi connectivity index (χ4v) is 6.89. The van der Waals surface area contributed by atoms with Gasteiger partial charge in [-0.3, -0.25) is 4.79 Å². The Balaban J connectivity index is 1.31. The molecule has 4 rings (SSSR count). The Kier molecular flexibility index (Phi) is 6.75. The summed E-state index contributed by atoms with van der Waals surface area (Å²) in [4.78, 5) is 15.1. The lowest BCUT2D eigenvalue weighted by Gasteiger charge is -2.31. The van der Waals surface area contributed by atoms with Crippen LogP contribution in [0.25, 0.3) is 0 Å². The molecule has 2 aliphatic heterocycles. The second-order valence-corrected chi connectivity index (χ2v) is 11.2. The molecule has 6 nitrogen and oxygen atoms in total. The highest BCUT2D eigenvalue weighted by Crippen LogP contribution is 2.26. The molecule has 2 aliphatic rings. The Bertz CT molecular complexity index is 937. The molecule has 1 aromatic heterocycles. The SMILES string of the molecule is O=C(NCc1ccc(N2CCCCC2)cc1)[C@H]1CCCN(S(=O)(=O)c2cccs2)C1. The van der Waals surface area contributed by atoms with Crippen LogP contribution in [0, 0.1) is 5.92 Å². The maximum atomic E-state index is 12.8. The van der Waals surface area contributed by atoms with Gasteiger partial charge in [0, 0.05) is 38.4 Å². The first kappa shape index (κ1) is 21.3. The number of nitrogens with one attached hydrogen (secondary N) is 1. The summed E-state index contributed by atoms with van der Waals surface area (Å²) in [7, 11) is -3.50. The first-order valence-electron chi connectivity index (χ1n) is 10.7. The Morgan fingerprint density at radius 3 is 2.50 bits per heavy atom. The monoisotopic (exact) mass is 447 g/mol. The summed E-state index contributed by atoms with van der Waals surface area (Å²) < 4.78 is 27.3. The van der Waals surface area contributed by atoms with E-state index in [0.717, 1.165) is 25.1 Å². The van der Waals surface area contributed by atoms with Crippen molar-refractivity contribution in [3.8, 4) is 0 Å². The van der Waals surface area contributed by atoms with Gasteiger partial charge in [-0.05, 0) is 61.2 Å². The minimum Gasteiger partial charge on any atom is -0.372 e. The van der Waals surface area contributed by atoms with Gasteiger partial charge in [-0.2, -0.15) is 4.31 Å². The van der Waals surface area contributed by atoms with Gasteiger partial charge in [0.2, 0.25) is 5.91 Å². The van der Waals surface area contributed by atoms with Gasteiger partial charge in [-0.1, -0.05) is 18.2 Å². The maximum absolute atomic E-state index is 12.8. The summed E-state index contributed by atoms with van der Waals surface area (Å²) in [5.74, 6) is -0.373. The zero-order chi connectivity index (χ0) is 21.0. The Morgan fingerprint density at radius 2 is 1.80 bits per heavy atom. The average Bonchev–Trinajstić information content (AvgIpc) is 3.34. The van der Waals surface area contributed by atoms with Crippen LogP contribution in [0.1, 0.15) is 37.7 Å². The minimum atomic E-state index is -3.50. The van der Waals surface area contributed by atoms with Gasteiger partial charge in [0.15, 0.2) is 0 Å². The van der Waals surface area contributed by atoms with Crippen molar-refractivity contribution in [2.24, 2.45) is 5.92 Å². The predicted octanol–water partition coefficient (Wildman–Crippen LogP) is 3.46. The van der Waals surface area contributed by atoms with Crippen molar-refractivity contribution in [1.29, 1.82) is 0 Å². The predicted molar refractivity (Wildman–Crippen MR) is 120 cm³/mol. The van der Waals surface area contributed by atoms with Gasteiger partial charge < -0.3 is 10.2 Å². The minimum absolute atomic E-state index is 0.0683. The van der Waals surface area contributed by atoms with Gasteiger partial charge in [0.25, 0.3) is 10.0 Å². The van der Waals surface area contributed by atoms with Gasteiger partial charge in [0.05, 0.1) is 5.92 Å². The molecule has 30 heavy (non-hydrogen) atoms. The number of rotatable bonds is 6. The van der Waals surface area contributed by atoms with E-state index < -0.39 is 10.0 Å². The molecule has 3 heterocycles. The standard InChI is InChI=1S/C22H29N3O3S2/c26-22(19-6-4-14-25(17-19)30(27,28)21-7-5-15-29-21)23-16-18-8-10-20(11-9-18)24-12-2-1-3-13-24/h5,7-11,15,19H,1-4,6,12-14,16-17H2,(H,23,26)/t19-/m0/s1. The first-order valence-corrected chi connectivity index (χ1v) is 13.0. The molecule has 1 aromatic carbocycles. The van der Waals surface area contributed by atoms with Crippen LogP contribution >= 0.6 is 11.3 Å². The van der Waals surface area contributed by atoms with Crippen molar-refractivity contribution in [2.75, 3.05) is 31.1 Å². The molecule has 0 bridgehead atoms. The fourth-order valence-electron chi connectivity index (χ4n) is 4.22. The van der Waals surface area contributed by atoms with Crippen LogP contribution < -0.4 is 10.2 Å². The van der Waals surface area contributed by atoms with E-state index in [2.05, 4.69) is 34.5 Å². The molecule has 0 aliphatic carbocycles. The van der Waals surface area contributed by atoms with Crippen LogP contribution in [0.4, 0.5) is 5.69 Å². The quantitative estimate of drug-likeness (QED) is 0.736. The van der Waals surface area contributed by atoms with Crippen molar-refractivity contribution in [3.63, 3.8) is 0 Å². The number of piperidine rings is 2. The zero-order valence-electron chi connectivity index (χ0n) is 17.1. The fraction of sp³-hybridized carbons (Fsp3) is 0.500. The van der Waals surface area contributed by atoms with Gasteiger partial charge >= 0.3 is 0 Å². The summed E-state index contributed by atoms with van der Waals surface area (Å²) >= 11 is 1.22. The third-order valence-corrected chi connectivity index (χ3v) is 9.21. The number of thiophene rings is 1. The van der Waals surface area contributed by atoms with E-state index in [9.17, 15) is 13.2 Å². The third kappa shape index (κ3) is 4.87. The maximum Gasteiger partial charge on any atom is 0.252 e. The number of carbonyl (C=O) groups excluding carboxylic acids is 1. The molecule has 8 heteroatoms. The van der Waals surface area contributed by atoms with Crippen molar-refractivity contribution in [3.05, 3.63) is 47.3 Å². The number of amides is 1. The summed E-state index contributed by atoms with van der Waals surface area (Å²) in [6.07, 6.45) is 5.23. The van der Waals surface area contributed by atoms with E-state index in [1.165, 1.54) is 40.6 Å². The second kappa shape index (κ2) is 9.49. The molecule has 0 spiro atoms. The number of hydrogen-bond donors (Lipinski definition) is 1. The van der Waals surface area contributed by atoms with Crippen molar-refractivity contribution >= 4 is 33.0 Å². The van der Waals surface area contributed by atoms with Gasteiger partial charge in [0.1, 0.15) is 4.21 Å². The number of sulfonamides is 1. The third-order valence-electron chi connectivity index (χ3n) is 5.97. The van der Waals surface area contributed by atoms with E-state index in [1.807, 2.05) is 0 Å². The average molecular weight is 448 g/mol. The van der Waals surface area contributed by atoms with E-state index in [1.54, 1.807) is 17.5 Å². The smallest absolute Gasteiger partial charge is 0.252 e. The highest BCUT2D eigenvalue weighted by Gasteiger charge is 2.33. The molecule has 162 valence electrons. The highest BCUT2D eigenvalue weighted by molar-refractivity contribution is 7.91. The van der Waals surface area contributed by atoms with Crippen LogP contribution in [0.15, 0.2) is 46.0 Å². The highest BCUT2D eigenvalue weighted by atomic mass is 32.2. The summed E-state index contributed by atoms with van der Waals surface area (Å²) in [5, 5.41) is 4.76. The van der Waals surface area contributed by atoms with Crippen LogP contribution in [0.3, 0.4) is 0 Å². The Morgan fingerprint density at radius 1 is 1.03 bits per heavy atom. The number of nitrogens with zero attached hydrogens (tertiary/aromatic N) is 2. The molecular weight excluding hydrogens is 418 g/mol. The van der Waals surface area contributed by atoms with Gasteiger partial charge in [-0.25, -0.2) is 8.42 Å². The first-order chi connectivity index (χ1) is 14.5. The van der Waals surface area contributed by atoms with Crippen LogP contribution in [-0.2, 0) is 21.4 Å². The number of anilines is 1. The Labute approximate surface area is 182 Å². The summed E-state index contributed by atoms with van der Waals surface area (Å²) in [6.45, 7) is 3.42. The molecule has 1 atom stereocenters. The Hall–Kier alpha value is -1.90. The van der Waals surface area contributed by atoms with Crippen LogP contribution in [0.5, 0.6) is 0 Å². The molecule has 0 radical (unpaired) electrons. The zero-order valence-corrected chi connectivity index (χ0v) is 18.8. The molecule has 0 saturated carbocycles. The molecular formula is C22H29N3O3S2. The van der Waals surface area contributed by atoms with Gasteiger partial charge in [-0.15, -0.1) is 11.3 Å². The number of benzene rings is 1. The van der Waals surface area contributed by atoms with Crippen molar-refractivity contribution in [2.45, 2.75) is 42.9 Å². The van der Waals surface area contributed by atoms with Crippen LogP contribution in [-0.4, -0.2) is 44.8 Å². The molecule has 0 unspecified atom stereocenters. The summed E-state index contributed by atoms with van der Waals surface area (Å²) in [5.41, 5.74) is 2.30. The van der Waals surface area contributed by atoms with E-state index in [0.29, 0.717) is 23.7 Å². The molecule has 1 N–H and O–H groups in total. The topological polar surface area (TPSA) is 69.7 Å². The molecule has 2 saturated heterocycles. The molecule has 2 aromatic rings. The second-order valence-electron chi connectivity index (χ2n) is 8.07. The number of hydrogen-bond acceptors (Lipinski definition) is 5. The largest absolute Gasteiger partial charge is 0.372 e. The molecule has 1 amide bonds. The molecule has 2 fully saturated rings. The normalized spacial score (nSPS) is 20.8. The number of carbonyl (C=O) groups is 1. The van der Waals surface area contributed by atoms with E-state index in [-0.39, 0.29) is 18.4 Å². The van der Waals surface area contributed by atoms with E-state index >= 15 is 0 Å². The lowest BCUT2D eigenvalue weighted by atomic mass is 9.98. The van der Waals surface area contributed by atoms with E-state index in [4.69, 9.17) is 0 Å². The van der Waals surface area contributed by atoms with Crippen LogP contribution in [0.2, 0.25) is 0 Å². The summed E-state index contributed by atoms with van der Waals surface area (Å²) in [6, 6.07) is 11.8. The lowest BCUT2D eigenvalue weighted by molar-refractivity contribution is -0.126.